The summed E-state index contributed by atoms with van der Waals surface area (Å²) in [6.07, 6.45) is -0.463. The number of amides is 1. The van der Waals surface area contributed by atoms with Crippen molar-refractivity contribution in [1.29, 1.82) is 0 Å². The normalized spacial score (nSPS) is 17.6. The first-order valence-corrected chi connectivity index (χ1v) is 16.4. The maximum atomic E-state index is 14.1. The van der Waals surface area contributed by atoms with Crippen molar-refractivity contribution in [1.82, 2.24) is 5.32 Å². The molecule has 0 spiro atoms. The van der Waals surface area contributed by atoms with Crippen LogP contribution in [0.15, 0.2) is 108 Å². The molecular weight excluding hydrogens is 661 g/mol. The molecule has 5 nitrogen and oxygen atoms in total. The predicted octanol–water partition coefficient (Wildman–Crippen LogP) is 8.81. The van der Waals surface area contributed by atoms with E-state index in [1.807, 2.05) is 72.8 Å². The molecule has 5 aromatic rings. The van der Waals surface area contributed by atoms with Gasteiger partial charge >= 0.3 is 0 Å². The minimum absolute atomic E-state index is 0.0560. The third kappa shape index (κ3) is 7.86. The van der Waals surface area contributed by atoms with E-state index >= 15 is 0 Å². The molecule has 5 aromatic carbocycles. The first kappa shape index (κ1) is 34.3. The molecule has 6 rings (SSSR count). The van der Waals surface area contributed by atoms with E-state index < -0.39 is 46.8 Å². The van der Waals surface area contributed by atoms with Gasteiger partial charge in [0, 0.05) is 29.2 Å². The van der Waals surface area contributed by atoms with Crippen LogP contribution in [-0.4, -0.2) is 22.9 Å². The van der Waals surface area contributed by atoms with Crippen LogP contribution in [0.5, 0.6) is 0 Å². The summed E-state index contributed by atoms with van der Waals surface area (Å²) in [6, 6.07) is 32.2. The summed E-state index contributed by atoms with van der Waals surface area (Å²) in [5.74, 6) is -11.8. The Balaban J connectivity index is 1.20. The van der Waals surface area contributed by atoms with E-state index in [2.05, 4.69) is 17.4 Å². The Morgan fingerprint density at radius 1 is 0.714 bits per heavy atom. The van der Waals surface area contributed by atoms with Crippen LogP contribution in [0.25, 0.3) is 11.1 Å². The number of carbonyl (C=O) groups excluding carboxylic acids is 1. The Morgan fingerprint density at radius 2 is 1.37 bits per heavy atom. The zero-order valence-electron chi connectivity index (χ0n) is 25.8. The van der Waals surface area contributed by atoms with Crippen LogP contribution in [0.1, 0.15) is 51.4 Å². The molecule has 49 heavy (non-hydrogen) atoms. The van der Waals surface area contributed by atoms with Gasteiger partial charge in [-0.3, -0.25) is 4.79 Å². The first-order chi connectivity index (χ1) is 23.7. The standard InChI is InChI=1S/C38H30F5NO4S/c39-32-31(33(40)35(42)36(43)34(32)41)37(46)44-19-23-6-4-7-25(16-23)26-8-5-9-27(17-26)38-47-28(21-49-29-10-2-1-3-11-29)18-30(48-38)24-14-12-22(20-45)13-15-24/h1-17,28,30,38,45H,18-21H2,(H,44,46). The number of hydrogen-bond acceptors (Lipinski definition) is 5. The minimum Gasteiger partial charge on any atom is -0.392 e. The number of rotatable bonds is 10. The van der Waals surface area contributed by atoms with Crippen LogP contribution in [0.2, 0.25) is 0 Å². The van der Waals surface area contributed by atoms with E-state index in [1.54, 1.807) is 30.0 Å². The fraction of sp³-hybridized carbons (Fsp3) is 0.184. The second kappa shape index (κ2) is 15.3. The molecule has 252 valence electrons. The number of ether oxygens (including phenoxy) is 2. The zero-order valence-corrected chi connectivity index (χ0v) is 26.7. The average Bonchev–Trinajstić information content (AvgIpc) is 3.15. The summed E-state index contributed by atoms with van der Waals surface area (Å²) in [4.78, 5) is 13.6. The molecule has 0 bridgehead atoms. The van der Waals surface area contributed by atoms with Gasteiger partial charge in [-0.05, 0) is 52.1 Å². The number of nitrogens with one attached hydrogen (secondary N) is 1. The highest BCUT2D eigenvalue weighted by Crippen LogP contribution is 2.40. The topological polar surface area (TPSA) is 67.8 Å². The van der Waals surface area contributed by atoms with Crippen molar-refractivity contribution in [3.8, 4) is 11.1 Å². The molecule has 1 fully saturated rings. The highest BCUT2D eigenvalue weighted by Gasteiger charge is 2.33. The summed E-state index contributed by atoms with van der Waals surface area (Å²) < 4.78 is 82.0. The van der Waals surface area contributed by atoms with Crippen molar-refractivity contribution in [2.75, 3.05) is 5.75 Å². The highest BCUT2D eigenvalue weighted by molar-refractivity contribution is 7.99. The molecule has 3 atom stereocenters. The third-order valence-electron chi connectivity index (χ3n) is 8.10. The molecule has 3 unspecified atom stereocenters. The third-order valence-corrected chi connectivity index (χ3v) is 9.25. The largest absolute Gasteiger partial charge is 0.392 e. The Kier molecular flexibility index (Phi) is 10.7. The second-order valence-electron chi connectivity index (χ2n) is 11.4. The number of aliphatic hydroxyl groups is 1. The van der Waals surface area contributed by atoms with Crippen molar-refractivity contribution in [3.05, 3.63) is 160 Å². The monoisotopic (exact) mass is 691 g/mol. The fourth-order valence-electron chi connectivity index (χ4n) is 5.53. The lowest BCUT2D eigenvalue weighted by Gasteiger charge is -2.36. The molecule has 0 radical (unpaired) electrons. The zero-order chi connectivity index (χ0) is 34.5. The summed E-state index contributed by atoms with van der Waals surface area (Å²) in [7, 11) is 0. The molecule has 1 heterocycles. The predicted molar refractivity (Wildman–Crippen MR) is 175 cm³/mol. The SMILES string of the molecule is O=C(NCc1cccc(-c2cccc(C3OC(CSc4ccccc4)CC(c4ccc(CO)cc4)O3)c2)c1)c1c(F)c(F)c(F)c(F)c1F. The molecule has 1 aliphatic heterocycles. The maximum absolute atomic E-state index is 14.1. The van der Waals surface area contributed by atoms with E-state index in [0.29, 0.717) is 17.7 Å². The van der Waals surface area contributed by atoms with Gasteiger partial charge in [0.2, 0.25) is 5.82 Å². The average molecular weight is 692 g/mol. The molecule has 0 saturated carbocycles. The van der Waals surface area contributed by atoms with Crippen LogP contribution in [0.3, 0.4) is 0 Å². The number of thioether (sulfide) groups is 1. The van der Waals surface area contributed by atoms with Crippen molar-refractivity contribution in [2.45, 2.75) is 43.0 Å². The van der Waals surface area contributed by atoms with Crippen molar-refractivity contribution in [3.63, 3.8) is 0 Å². The number of hydrogen-bond donors (Lipinski definition) is 2. The van der Waals surface area contributed by atoms with Gasteiger partial charge in [-0.2, -0.15) is 0 Å². The summed E-state index contributed by atoms with van der Waals surface area (Å²) in [5.41, 5.74) is 3.06. The number of carbonyl (C=O) groups is 1. The Labute approximate surface area is 283 Å². The van der Waals surface area contributed by atoms with E-state index in [9.17, 15) is 31.9 Å². The van der Waals surface area contributed by atoms with Crippen molar-refractivity contribution >= 4 is 17.7 Å². The van der Waals surface area contributed by atoms with Gasteiger partial charge < -0.3 is 19.9 Å². The highest BCUT2D eigenvalue weighted by atomic mass is 32.2. The van der Waals surface area contributed by atoms with Gasteiger partial charge in [0.05, 0.1) is 18.8 Å². The molecule has 2 N–H and O–H groups in total. The van der Waals surface area contributed by atoms with E-state index in [1.165, 1.54) is 0 Å². The van der Waals surface area contributed by atoms with Crippen LogP contribution in [0.4, 0.5) is 22.0 Å². The molecule has 0 aliphatic carbocycles. The number of halogens is 5. The van der Waals surface area contributed by atoms with Gasteiger partial charge in [0.1, 0.15) is 5.56 Å². The molecule has 1 amide bonds. The van der Waals surface area contributed by atoms with Crippen LogP contribution < -0.4 is 5.32 Å². The van der Waals surface area contributed by atoms with Crippen LogP contribution in [0, 0.1) is 29.1 Å². The van der Waals surface area contributed by atoms with Gasteiger partial charge in [-0.15, -0.1) is 11.8 Å². The van der Waals surface area contributed by atoms with E-state index in [4.69, 9.17) is 9.47 Å². The minimum atomic E-state index is -2.33. The fourth-order valence-corrected chi connectivity index (χ4v) is 6.47. The number of benzene rings is 5. The molecule has 0 aromatic heterocycles. The van der Waals surface area contributed by atoms with Gasteiger partial charge in [0.25, 0.3) is 5.91 Å². The second-order valence-corrected chi connectivity index (χ2v) is 12.5. The summed E-state index contributed by atoms with van der Waals surface area (Å²) in [6.45, 7) is -0.294. The smallest absolute Gasteiger partial charge is 0.257 e. The molecule has 11 heteroatoms. The van der Waals surface area contributed by atoms with Gasteiger partial charge in [-0.1, -0.05) is 78.9 Å². The maximum Gasteiger partial charge on any atom is 0.257 e. The van der Waals surface area contributed by atoms with Crippen LogP contribution in [-0.2, 0) is 22.6 Å². The Morgan fingerprint density at radius 3 is 2.06 bits per heavy atom. The lowest BCUT2D eigenvalue weighted by atomic mass is 9.99. The van der Waals surface area contributed by atoms with Gasteiger partial charge in [-0.25, -0.2) is 22.0 Å². The summed E-state index contributed by atoms with van der Waals surface area (Å²) >= 11 is 1.70. The first-order valence-electron chi connectivity index (χ1n) is 15.4. The molecule has 1 aliphatic rings. The van der Waals surface area contributed by atoms with Gasteiger partial charge in [0.15, 0.2) is 29.6 Å². The van der Waals surface area contributed by atoms with Crippen molar-refractivity contribution in [2.24, 2.45) is 0 Å². The van der Waals surface area contributed by atoms with Crippen LogP contribution >= 0.6 is 11.8 Å². The van der Waals surface area contributed by atoms with Crippen molar-refractivity contribution < 1.29 is 41.3 Å². The van der Waals surface area contributed by atoms with E-state index in [-0.39, 0.29) is 25.4 Å². The quantitative estimate of drug-likeness (QED) is 0.0664. The summed E-state index contributed by atoms with van der Waals surface area (Å²) in [5, 5.41) is 11.7. The Bertz CT molecular complexity index is 1910. The number of aliphatic hydroxyl groups excluding tert-OH is 1. The lowest BCUT2D eigenvalue weighted by Crippen LogP contribution is -2.31. The lowest BCUT2D eigenvalue weighted by molar-refractivity contribution is -0.245. The van der Waals surface area contributed by atoms with E-state index in [0.717, 1.165) is 32.7 Å². The Hall–Kier alpha value is -4.55. The molecule has 1 saturated heterocycles. The molecular formula is C38H30F5NO4S.